The van der Waals surface area contributed by atoms with E-state index in [-0.39, 0.29) is 0 Å². The second-order valence-corrected chi connectivity index (χ2v) is 14.7. The predicted octanol–water partition coefficient (Wildman–Crippen LogP) is -11.8. The van der Waals surface area contributed by atoms with Crippen LogP contribution in [0.3, 0.4) is 0 Å². The van der Waals surface area contributed by atoms with Gasteiger partial charge in [0.15, 0.2) is 31.5 Å². The van der Waals surface area contributed by atoms with E-state index in [0.717, 1.165) is 6.92 Å². The molecule has 0 aromatic carbocycles. The summed E-state index contributed by atoms with van der Waals surface area (Å²) in [6.07, 6.45) is -44.5. The number of nitrogens with one attached hydrogen (secondary N) is 1. The molecular formula is C32H55NO26. The topological polar surface area (TPSA) is 436 Å². The van der Waals surface area contributed by atoms with E-state index >= 15 is 0 Å². The van der Waals surface area contributed by atoms with Gasteiger partial charge in [-0.05, 0) is 0 Å². The van der Waals surface area contributed by atoms with Crippen molar-refractivity contribution in [1.29, 1.82) is 0 Å². The largest absolute Gasteiger partial charge is 0.394 e. The normalized spacial score (nSPS) is 51.0. The molecule has 25 atom stereocenters. The van der Waals surface area contributed by atoms with Crippen LogP contribution in [-0.2, 0) is 47.4 Å². The van der Waals surface area contributed by atoms with E-state index in [1.807, 2.05) is 0 Å². The molecule has 0 aromatic rings. The van der Waals surface area contributed by atoms with Crippen LogP contribution in [0.25, 0.3) is 0 Å². The summed E-state index contributed by atoms with van der Waals surface area (Å²) in [5, 5.41) is 170. The van der Waals surface area contributed by atoms with Crippen LogP contribution in [0.5, 0.6) is 0 Å². The van der Waals surface area contributed by atoms with Gasteiger partial charge in [-0.2, -0.15) is 0 Å². The number of amides is 1. The van der Waals surface area contributed by atoms with Gasteiger partial charge in [-0.3, -0.25) is 4.79 Å². The number of hydrogen-bond acceptors (Lipinski definition) is 26. The maximum absolute atomic E-state index is 11.8. The SMILES string of the molecule is CC(=O)N[C@H]1C(O)O[C@H](CO)[C@@H](O[C@@H]2O[C@H](CO[C@@H]3O[C@H](CO)[C@@H](O)[C@H](O[C@H]4O[C@H](CO)[C@@H](O)[C@H](O)[C@@H]4O)[C@@H]3O)[C@@H](O)[C@H](O[C@H]3O[C@H](CO)[C@@H](O)[C@H](O)[C@@H]3O)[C@@H]2O)[C@@H]1O. The minimum atomic E-state index is -2.15. The van der Waals surface area contributed by atoms with Gasteiger partial charge in [0.2, 0.25) is 5.91 Å². The summed E-state index contributed by atoms with van der Waals surface area (Å²) >= 11 is 0. The Morgan fingerprint density at radius 1 is 0.441 bits per heavy atom. The zero-order chi connectivity index (χ0) is 43.6. The molecule has 17 N–H and O–H groups in total. The molecule has 344 valence electrons. The summed E-state index contributed by atoms with van der Waals surface area (Å²) in [5.41, 5.74) is 0. The standard InChI is InChI=1S/C32H55NO26/c1-7(38)33-13-18(43)25(11(5-37)52-28(13)50)57-32-24(49)27(59-31-22(47)20(45)15(40)9(3-35)55-31)17(42)12(56-32)6-51-29-23(48)26(16(41)10(4-36)53-29)58-30-21(46)19(44)14(39)8(2-34)54-30/h8-32,34-37,39-50H,2-6H2,1H3,(H,33,38)/t8-,9-,10-,11-,12-,13-,14-,15-,16-,17-,18-,19+,20+,21+,22+,23+,24+,25-,26+,27+,28?,29-,30-,31-,32+/m1/s1. The highest BCUT2D eigenvalue weighted by molar-refractivity contribution is 5.73. The van der Waals surface area contributed by atoms with Gasteiger partial charge in [0.1, 0.15) is 122 Å². The molecular weight excluding hydrogens is 814 g/mol. The fraction of sp³-hybridized carbons (Fsp3) is 0.969. The van der Waals surface area contributed by atoms with Crippen LogP contribution in [-0.4, -0.2) is 274 Å². The summed E-state index contributed by atoms with van der Waals surface area (Å²) in [6.45, 7) is -3.38. The van der Waals surface area contributed by atoms with Crippen molar-refractivity contribution in [2.24, 2.45) is 0 Å². The Morgan fingerprint density at radius 3 is 1.31 bits per heavy atom. The van der Waals surface area contributed by atoms with Crippen molar-refractivity contribution in [3.8, 4) is 0 Å². The molecule has 27 nitrogen and oxygen atoms in total. The van der Waals surface area contributed by atoms with Gasteiger partial charge in [0.05, 0.1) is 33.0 Å². The molecule has 0 aliphatic carbocycles. The minimum Gasteiger partial charge on any atom is -0.394 e. The number of aliphatic hydroxyl groups is 16. The van der Waals surface area contributed by atoms with E-state index in [1.165, 1.54) is 0 Å². The summed E-state index contributed by atoms with van der Waals surface area (Å²) < 4.78 is 50.0. The van der Waals surface area contributed by atoms with Crippen molar-refractivity contribution < 1.29 is 129 Å². The van der Waals surface area contributed by atoms with Crippen molar-refractivity contribution in [3.05, 3.63) is 0 Å². The first-order chi connectivity index (χ1) is 27.9. The molecule has 1 unspecified atom stereocenters. The number of aliphatic hydroxyl groups excluding tert-OH is 16. The minimum absolute atomic E-state index is 0.718. The molecule has 1 amide bonds. The number of hydrogen-bond donors (Lipinski definition) is 17. The molecule has 0 bridgehead atoms. The first kappa shape index (κ1) is 48.5. The lowest BCUT2D eigenvalue weighted by Gasteiger charge is -2.49. The summed E-state index contributed by atoms with van der Waals surface area (Å²) in [4.78, 5) is 11.8. The maximum atomic E-state index is 11.8. The number of rotatable bonds is 14. The molecule has 5 aliphatic heterocycles. The van der Waals surface area contributed by atoms with Gasteiger partial charge in [-0.1, -0.05) is 0 Å². The summed E-state index contributed by atoms with van der Waals surface area (Å²) in [5.74, 6) is -0.718. The van der Waals surface area contributed by atoms with Crippen LogP contribution in [0.2, 0.25) is 0 Å². The van der Waals surface area contributed by atoms with E-state index in [2.05, 4.69) is 5.32 Å². The molecule has 0 saturated carbocycles. The number of carbonyl (C=O) groups is 1. The van der Waals surface area contributed by atoms with E-state index in [1.54, 1.807) is 0 Å². The maximum Gasteiger partial charge on any atom is 0.217 e. The third kappa shape index (κ3) is 10.3. The zero-order valence-electron chi connectivity index (χ0n) is 31.2. The third-order valence-electron chi connectivity index (χ3n) is 10.7. The van der Waals surface area contributed by atoms with E-state index in [0.29, 0.717) is 0 Å². The second kappa shape index (κ2) is 20.8. The lowest BCUT2D eigenvalue weighted by Crippen LogP contribution is -2.68. The van der Waals surface area contributed by atoms with E-state index in [9.17, 15) is 86.5 Å². The molecule has 27 heteroatoms. The van der Waals surface area contributed by atoms with Crippen molar-refractivity contribution in [2.75, 3.05) is 33.0 Å². The molecule has 5 saturated heterocycles. The van der Waals surface area contributed by atoms with Gasteiger partial charge in [0, 0.05) is 6.92 Å². The smallest absolute Gasteiger partial charge is 0.217 e. The van der Waals surface area contributed by atoms with E-state index in [4.69, 9.17) is 42.6 Å². The zero-order valence-corrected chi connectivity index (χ0v) is 31.2. The average Bonchev–Trinajstić information content (AvgIpc) is 3.21. The van der Waals surface area contributed by atoms with Crippen LogP contribution in [0.15, 0.2) is 0 Å². The van der Waals surface area contributed by atoms with Crippen molar-refractivity contribution in [2.45, 2.75) is 160 Å². The Morgan fingerprint density at radius 2 is 0.831 bits per heavy atom. The average molecular weight is 870 g/mol. The van der Waals surface area contributed by atoms with Crippen LogP contribution < -0.4 is 5.32 Å². The first-order valence-corrected chi connectivity index (χ1v) is 18.6. The molecule has 5 rings (SSSR count). The molecule has 5 fully saturated rings. The fourth-order valence-corrected chi connectivity index (χ4v) is 7.32. The number of ether oxygens (including phenoxy) is 9. The monoisotopic (exact) mass is 869 g/mol. The molecule has 59 heavy (non-hydrogen) atoms. The highest BCUT2D eigenvalue weighted by atomic mass is 16.8. The molecule has 5 heterocycles. The highest BCUT2D eigenvalue weighted by Gasteiger charge is 2.55. The van der Waals surface area contributed by atoms with Gasteiger partial charge < -0.3 is 130 Å². The fourth-order valence-electron chi connectivity index (χ4n) is 7.32. The van der Waals surface area contributed by atoms with Crippen molar-refractivity contribution in [3.63, 3.8) is 0 Å². The summed E-state index contributed by atoms with van der Waals surface area (Å²) in [6, 6.07) is -1.55. The Labute approximate surface area is 333 Å². The van der Waals surface area contributed by atoms with Crippen LogP contribution in [0.1, 0.15) is 6.92 Å². The lowest BCUT2D eigenvalue weighted by molar-refractivity contribution is -0.383. The number of carbonyl (C=O) groups excluding carboxylic acids is 1. The quantitative estimate of drug-likeness (QED) is 0.0770. The van der Waals surface area contributed by atoms with Gasteiger partial charge in [-0.25, -0.2) is 0 Å². The van der Waals surface area contributed by atoms with Crippen LogP contribution in [0, 0.1) is 0 Å². The van der Waals surface area contributed by atoms with E-state index < -0.39 is 192 Å². The van der Waals surface area contributed by atoms with Gasteiger partial charge in [0.25, 0.3) is 0 Å². The van der Waals surface area contributed by atoms with Crippen LogP contribution >= 0.6 is 0 Å². The Hall–Kier alpha value is -1.53. The Balaban J connectivity index is 1.38. The Bertz CT molecular complexity index is 1320. The lowest BCUT2D eigenvalue weighted by atomic mass is 9.95. The van der Waals surface area contributed by atoms with Gasteiger partial charge in [-0.15, -0.1) is 0 Å². The third-order valence-corrected chi connectivity index (χ3v) is 10.7. The second-order valence-electron chi connectivity index (χ2n) is 14.7. The first-order valence-electron chi connectivity index (χ1n) is 18.6. The van der Waals surface area contributed by atoms with Crippen molar-refractivity contribution in [1.82, 2.24) is 5.32 Å². The molecule has 0 radical (unpaired) electrons. The Kier molecular flexibility index (Phi) is 17.1. The highest BCUT2D eigenvalue weighted by Crippen LogP contribution is 2.34. The predicted molar refractivity (Wildman–Crippen MR) is 178 cm³/mol. The van der Waals surface area contributed by atoms with Crippen molar-refractivity contribution >= 4 is 5.91 Å². The van der Waals surface area contributed by atoms with Crippen LogP contribution in [0.4, 0.5) is 0 Å². The van der Waals surface area contributed by atoms with Gasteiger partial charge >= 0.3 is 0 Å². The molecule has 0 aromatic heterocycles. The molecule has 5 aliphatic rings. The summed E-state index contributed by atoms with van der Waals surface area (Å²) in [7, 11) is 0. The molecule has 0 spiro atoms.